The Kier molecular flexibility index (Phi) is 6.72. The normalized spacial score (nSPS) is 12.6. The number of aliphatic carboxylic acids is 1. The first-order valence-electron chi connectivity index (χ1n) is 5.61. The smallest absolute Gasteiger partial charge is 0.320 e. The summed E-state index contributed by atoms with van der Waals surface area (Å²) in [5.74, 6) is -0.921. The van der Waals surface area contributed by atoms with Crippen LogP contribution in [-0.2, 0) is 9.59 Å². The largest absolute Gasteiger partial charge is 0.480 e. The molecule has 0 heterocycles. The van der Waals surface area contributed by atoms with Crippen LogP contribution in [0.1, 0.15) is 26.7 Å². The molecule has 0 aliphatic carbocycles. The van der Waals surface area contributed by atoms with E-state index in [1.165, 1.54) is 4.90 Å². The molecule has 0 bridgehead atoms. The van der Waals surface area contributed by atoms with Crippen LogP contribution in [0.2, 0.25) is 0 Å². The molecule has 1 amide bonds. The highest BCUT2D eigenvalue weighted by Crippen LogP contribution is 2.06. The Hall–Kier alpha value is -1.10. The first-order chi connectivity index (χ1) is 7.43. The predicted octanol–water partition coefficient (Wildman–Crippen LogP) is 0.650. The molecule has 0 radical (unpaired) electrons. The third-order valence-electron chi connectivity index (χ3n) is 2.46. The van der Waals surface area contributed by atoms with E-state index >= 15 is 0 Å². The lowest BCUT2D eigenvalue weighted by Gasteiger charge is -2.28. The molecule has 0 aromatic rings. The Balaban J connectivity index is 4.58. The number of hydrogen-bond acceptors (Lipinski definition) is 3. The van der Waals surface area contributed by atoms with Crippen molar-refractivity contribution >= 4 is 11.9 Å². The SMILES string of the molecule is CCCN(CC(=O)N(C)C)C(CC)C(=O)O. The monoisotopic (exact) mass is 230 g/mol. The number of carboxylic acid groups (broad SMARTS) is 1. The van der Waals surface area contributed by atoms with E-state index in [0.717, 1.165) is 6.42 Å². The minimum Gasteiger partial charge on any atom is -0.480 e. The number of likely N-dealkylation sites (N-methyl/N-ethyl adjacent to an activating group) is 1. The number of amides is 1. The molecule has 0 aromatic heterocycles. The van der Waals surface area contributed by atoms with Gasteiger partial charge in [0.2, 0.25) is 5.91 Å². The maximum Gasteiger partial charge on any atom is 0.320 e. The van der Waals surface area contributed by atoms with Gasteiger partial charge in [0, 0.05) is 14.1 Å². The first kappa shape index (κ1) is 14.9. The molecule has 0 aromatic carbocycles. The summed E-state index contributed by atoms with van der Waals surface area (Å²) in [7, 11) is 3.35. The molecule has 0 saturated heterocycles. The highest BCUT2D eigenvalue weighted by Gasteiger charge is 2.25. The Bertz CT molecular complexity index is 241. The van der Waals surface area contributed by atoms with Crippen LogP contribution < -0.4 is 0 Å². The van der Waals surface area contributed by atoms with E-state index in [1.807, 2.05) is 13.8 Å². The van der Waals surface area contributed by atoms with Crippen molar-refractivity contribution in [1.82, 2.24) is 9.80 Å². The number of carbonyl (C=O) groups excluding carboxylic acids is 1. The first-order valence-corrected chi connectivity index (χ1v) is 5.61. The van der Waals surface area contributed by atoms with Gasteiger partial charge in [-0.05, 0) is 19.4 Å². The Labute approximate surface area is 97.0 Å². The zero-order chi connectivity index (χ0) is 12.7. The Morgan fingerprint density at radius 3 is 2.12 bits per heavy atom. The summed E-state index contributed by atoms with van der Waals surface area (Å²) in [5.41, 5.74) is 0. The van der Waals surface area contributed by atoms with Gasteiger partial charge in [0.1, 0.15) is 6.04 Å². The van der Waals surface area contributed by atoms with Gasteiger partial charge in [0.25, 0.3) is 0 Å². The summed E-state index contributed by atoms with van der Waals surface area (Å²) < 4.78 is 0. The third-order valence-corrected chi connectivity index (χ3v) is 2.46. The molecule has 0 spiro atoms. The average Bonchev–Trinajstić information content (AvgIpc) is 2.18. The van der Waals surface area contributed by atoms with E-state index in [9.17, 15) is 9.59 Å². The quantitative estimate of drug-likeness (QED) is 0.697. The second-order valence-corrected chi connectivity index (χ2v) is 4.02. The summed E-state index contributed by atoms with van der Waals surface area (Å²) in [6.07, 6.45) is 1.35. The highest BCUT2D eigenvalue weighted by atomic mass is 16.4. The van der Waals surface area contributed by atoms with Crippen LogP contribution in [0.4, 0.5) is 0 Å². The zero-order valence-electron chi connectivity index (χ0n) is 10.6. The number of rotatable bonds is 7. The predicted molar refractivity (Wildman–Crippen MR) is 62.3 cm³/mol. The van der Waals surface area contributed by atoms with E-state index in [0.29, 0.717) is 13.0 Å². The van der Waals surface area contributed by atoms with E-state index in [1.54, 1.807) is 19.0 Å². The summed E-state index contributed by atoms with van der Waals surface area (Å²) >= 11 is 0. The summed E-state index contributed by atoms with van der Waals surface area (Å²) in [6, 6.07) is -0.566. The summed E-state index contributed by atoms with van der Waals surface area (Å²) in [6.45, 7) is 4.60. The fourth-order valence-corrected chi connectivity index (χ4v) is 1.54. The van der Waals surface area contributed by atoms with Crippen LogP contribution in [0.15, 0.2) is 0 Å². The van der Waals surface area contributed by atoms with Gasteiger partial charge < -0.3 is 10.0 Å². The zero-order valence-corrected chi connectivity index (χ0v) is 10.6. The van der Waals surface area contributed by atoms with Crippen molar-refractivity contribution in [2.75, 3.05) is 27.2 Å². The molecule has 1 atom stereocenters. The second-order valence-electron chi connectivity index (χ2n) is 4.02. The molecular weight excluding hydrogens is 208 g/mol. The molecule has 0 aliphatic heterocycles. The maximum absolute atomic E-state index is 11.6. The average molecular weight is 230 g/mol. The minimum absolute atomic E-state index is 0.0619. The van der Waals surface area contributed by atoms with Crippen LogP contribution in [0, 0.1) is 0 Å². The lowest BCUT2D eigenvalue weighted by Crippen LogP contribution is -2.46. The summed E-state index contributed by atoms with van der Waals surface area (Å²) in [5, 5.41) is 9.06. The molecule has 0 rings (SSSR count). The molecule has 16 heavy (non-hydrogen) atoms. The number of nitrogens with zero attached hydrogens (tertiary/aromatic N) is 2. The maximum atomic E-state index is 11.6. The minimum atomic E-state index is -0.859. The highest BCUT2D eigenvalue weighted by molar-refractivity contribution is 5.79. The number of carbonyl (C=O) groups is 2. The van der Waals surface area contributed by atoms with Gasteiger partial charge in [0.15, 0.2) is 0 Å². The van der Waals surface area contributed by atoms with Gasteiger partial charge in [-0.15, -0.1) is 0 Å². The molecule has 5 heteroatoms. The van der Waals surface area contributed by atoms with Crippen molar-refractivity contribution in [3.63, 3.8) is 0 Å². The van der Waals surface area contributed by atoms with Crippen LogP contribution in [0.5, 0.6) is 0 Å². The van der Waals surface area contributed by atoms with Gasteiger partial charge in [0.05, 0.1) is 6.54 Å². The van der Waals surface area contributed by atoms with Crippen LogP contribution in [0.25, 0.3) is 0 Å². The third kappa shape index (κ3) is 4.61. The molecule has 1 unspecified atom stereocenters. The van der Waals surface area contributed by atoms with E-state index in [-0.39, 0.29) is 12.5 Å². The fraction of sp³-hybridized carbons (Fsp3) is 0.818. The molecule has 0 fully saturated rings. The molecule has 5 nitrogen and oxygen atoms in total. The number of hydrogen-bond donors (Lipinski definition) is 1. The molecule has 94 valence electrons. The molecule has 1 N–H and O–H groups in total. The van der Waals surface area contributed by atoms with Gasteiger partial charge in [-0.2, -0.15) is 0 Å². The Morgan fingerprint density at radius 1 is 1.25 bits per heavy atom. The fourth-order valence-electron chi connectivity index (χ4n) is 1.54. The van der Waals surface area contributed by atoms with Crippen molar-refractivity contribution in [2.24, 2.45) is 0 Å². The summed E-state index contributed by atoms with van der Waals surface area (Å²) in [4.78, 5) is 25.8. The van der Waals surface area contributed by atoms with Gasteiger partial charge in [-0.25, -0.2) is 0 Å². The molecular formula is C11H22N2O3. The van der Waals surface area contributed by atoms with Gasteiger partial charge in [-0.3, -0.25) is 14.5 Å². The van der Waals surface area contributed by atoms with Gasteiger partial charge in [-0.1, -0.05) is 13.8 Å². The number of carboxylic acids is 1. The van der Waals surface area contributed by atoms with Crippen molar-refractivity contribution in [3.8, 4) is 0 Å². The topological polar surface area (TPSA) is 60.9 Å². The molecule has 0 aliphatic rings. The van der Waals surface area contributed by atoms with Crippen molar-refractivity contribution < 1.29 is 14.7 Å². The van der Waals surface area contributed by atoms with Crippen LogP contribution >= 0.6 is 0 Å². The van der Waals surface area contributed by atoms with E-state index < -0.39 is 12.0 Å². The van der Waals surface area contributed by atoms with Crippen LogP contribution in [-0.4, -0.2) is 60.0 Å². The van der Waals surface area contributed by atoms with Crippen molar-refractivity contribution in [3.05, 3.63) is 0 Å². The van der Waals surface area contributed by atoms with E-state index in [2.05, 4.69) is 0 Å². The van der Waals surface area contributed by atoms with Crippen molar-refractivity contribution in [2.45, 2.75) is 32.7 Å². The lowest BCUT2D eigenvalue weighted by atomic mass is 10.2. The van der Waals surface area contributed by atoms with Crippen molar-refractivity contribution in [1.29, 1.82) is 0 Å². The second kappa shape index (κ2) is 7.22. The van der Waals surface area contributed by atoms with Crippen LogP contribution in [0.3, 0.4) is 0 Å². The lowest BCUT2D eigenvalue weighted by molar-refractivity contribution is -0.144. The standard InChI is InChI=1S/C11H22N2O3/c1-5-7-13(8-10(14)12(3)4)9(6-2)11(15)16/h9H,5-8H2,1-4H3,(H,15,16). The molecule has 0 saturated carbocycles. The van der Waals surface area contributed by atoms with Gasteiger partial charge >= 0.3 is 5.97 Å². The van der Waals surface area contributed by atoms with E-state index in [4.69, 9.17) is 5.11 Å². The Morgan fingerprint density at radius 2 is 1.81 bits per heavy atom.